The second kappa shape index (κ2) is 5.58. The Bertz CT molecular complexity index is 305. The van der Waals surface area contributed by atoms with Gasteiger partial charge in [-0.2, -0.15) is 0 Å². The predicted octanol–water partition coefficient (Wildman–Crippen LogP) is 3.19. The van der Waals surface area contributed by atoms with Gasteiger partial charge in [-0.05, 0) is 75.5 Å². The first-order valence-electron chi connectivity index (χ1n) is 8.38. The molecule has 0 amide bonds. The van der Waals surface area contributed by atoms with Crippen molar-refractivity contribution in [1.82, 2.24) is 5.32 Å². The molecule has 116 valence electrons. The number of ether oxygens (including phenoxy) is 2. The lowest BCUT2D eigenvalue weighted by atomic mass is 9.48. The zero-order valence-corrected chi connectivity index (χ0v) is 13.5. The Morgan fingerprint density at radius 2 is 1.35 bits per heavy atom. The summed E-state index contributed by atoms with van der Waals surface area (Å²) in [5, 5.41) is 3.79. The van der Waals surface area contributed by atoms with Gasteiger partial charge in [-0.3, -0.25) is 0 Å². The summed E-state index contributed by atoms with van der Waals surface area (Å²) in [7, 11) is 3.45. The van der Waals surface area contributed by atoms with Crippen molar-refractivity contribution < 1.29 is 9.47 Å². The highest BCUT2D eigenvalue weighted by Gasteiger charge is 2.53. The Balaban J connectivity index is 1.66. The summed E-state index contributed by atoms with van der Waals surface area (Å²) < 4.78 is 10.8. The summed E-state index contributed by atoms with van der Waals surface area (Å²) in [4.78, 5) is 0. The largest absolute Gasteiger partial charge is 0.354 e. The van der Waals surface area contributed by atoms with Crippen LogP contribution in [-0.4, -0.2) is 32.6 Å². The van der Waals surface area contributed by atoms with E-state index in [0.717, 1.165) is 17.8 Å². The van der Waals surface area contributed by atoms with Gasteiger partial charge in [-0.25, -0.2) is 0 Å². The zero-order valence-electron chi connectivity index (χ0n) is 13.5. The lowest BCUT2D eigenvalue weighted by Crippen LogP contribution is -2.57. The third-order valence-electron chi connectivity index (χ3n) is 6.39. The molecule has 20 heavy (non-hydrogen) atoms. The topological polar surface area (TPSA) is 30.5 Å². The van der Waals surface area contributed by atoms with Crippen molar-refractivity contribution in [3.8, 4) is 0 Å². The van der Waals surface area contributed by atoms with E-state index in [2.05, 4.69) is 19.2 Å². The quantitative estimate of drug-likeness (QED) is 0.759. The van der Waals surface area contributed by atoms with Crippen molar-refractivity contribution in [3.63, 3.8) is 0 Å². The van der Waals surface area contributed by atoms with Crippen LogP contribution in [0.25, 0.3) is 0 Å². The lowest BCUT2D eigenvalue weighted by Gasteiger charge is -2.59. The van der Waals surface area contributed by atoms with Gasteiger partial charge in [-0.15, -0.1) is 0 Å². The monoisotopic (exact) mass is 281 g/mol. The summed E-state index contributed by atoms with van der Waals surface area (Å²) in [5.74, 6) is 3.05. The van der Waals surface area contributed by atoms with Gasteiger partial charge in [0.2, 0.25) is 0 Å². The van der Waals surface area contributed by atoms with Crippen molar-refractivity contribution in [2.75, 3.05) is 14.2 Å². The van der Waals surface area contributed by atoms with Crippen LogP contribution < -0.4 is 5.32 Å². The van der Waals surface area contributed by atoms with E-state index in [1.165, 1.54) is 38.5 Å². The SMILES string of the molecule is COC(OC)C(C)NC(C)C12CC3CC(CC(C3)C1)C2. The standard InChI is InChI=1S/C17H31NO2/c1-11(16(19-3)20-4)18-12(2)17-8-13-5-14(9-17)7-15(6-13)10-17/h11-16,18H,5-10H2,1-4H3. The number of hydrogen-bond donors (Lipinski definition) is 1. The minimum Gasteiger partial charge on any atom is -0.354 e. The van der Waals surface area contributed by atoms with E-state index >= 15 is 0 Å². The molecule has 0 radical (unpaired) electrons. The summed E-state index contributed by atoms with van der Waals surface area (Å²) in [5.41, 5.74) is 0.551. The van der Waals surface area contributed by atoms with Gasteiger partial charge in [0, 0.05) is 20.3 Å². The van der Waals surface area contributed by atoms with Crippen LogP contribution in [0.1, 0.15) is 52.4 Å². The van der Waals surface area contributed by atoms with Crippen LogP contribution in [0.5, 0.6) is 0 Å². The molecule has 4 saturated carbocycles. The molecule has 4 fully saturated rings. The van der Waals surface area contributed by atoms with E-state index in [0.29, 0.717) is 11.5 Å². The fourth-order valence-electron chi connectivity index (χ4n) is 5.86. The molecule has 0 saturated heterocycles. The molecule has 0 aromatic carbocycles. The van der Waals surface area contributed by atoms with Crippen LogP contribution in [0.3, 0.4) is 0 Å². The molecule has 0 spiro atoms. The highest BCUT2D eigenvalue weighted by molar-refractivity contribution is 5.05. The normalized spacial score (nSPS) is 42.1. The lowest BCUT2D eigenvalue weighted by molar-refractivity contribution is -0.129. The second-order valence-corrected chi connectivity index (χ2v) is 7.80. The van der Waals surface area contributed by atoms with E-state index in [1.54, 1.807) is 14.2 Å². The Morgan fingerprint density at radius 1 is 0.900 bits per heavy atom. The van der Waals surface area contributed by atoms with Crippen LogP contribution in [-0.2, 0) is 9.47 Å². The van der Waals surface area contributed by atoms with Gasteiger partial charge >= 0.3 is 0 Å². The summed E-state index contributed by atoms with van der Waals surface area (Å²) >= 11 is 0. The van der Waals surface area contributed by atoms with Crippen molar-refractivity contribution in [2.24, 2.45) is 23.2 Å². The Labute approximate surface area is 123 Å². The minimum absolute atomic E-state index is 0.147. The molecule has 0 aromatic heterocycles. The molecule has 3 heteroatoms. The maximum absolute atomic E-state index is 5.40. The van der Waals surface area contributed by atoms with Crippen LogP contribution in [0, 0.1) is 23.2 Å². The Morgan fingerprint density at radius 3 is 1.75 bits per heavy atom. The predicted molar refractivity (Wildman–Crippen MR) is 80.5 cm³/mol. The first-order chi connectivity index (χ1) is 9.56. The molecule has 2 atom stereocenters. The third kappa shape index (κ3) is 2.53. The number of methoxy groups -OCH3 is 2. The molecule has 0 aliphatic heterocycles. The minimum atomic E-state index is -0.147. The highest BCUT2D eigenvalue weighted by atomic mass is 16.7. The van der Waals surface area contributed by atoms with Crippen molar-refractivity contribution in [2.45, 2.75) is 70.7 Å². The highest BCUT2D eigenvalue weighted by Crippen LogP contribution is 2.61. The van der Waals surface area contributed by atoms with Crippen molar-refractivity contribution in [3.05, 3.63) is 0 Å². The van der Waals surface area contributed by atoms with E-state index in [1.807, 2.05) is 0 Å². The average Bonchev–Trinajstić information content (AvgIpc) is 2.38. The zero-order chi connectivity index (χ0) is 14.3. The van der Waals surface area contributed by atoms with Gasteiger partial charge in [0.1, 0.15) is 0 Å². The molecule has 4 aliphatic carbocycles. The maximum Gasteiger partial charge on any atom is 0.171 e. The molecule has 4 aliphatic rings. The summed E-state index contributed by atoms with van der Waals surface area (Å²) in [6.45, 7) is 4.57. The first kappa shape index (κ1) is 14.8. The van der Waals surface area contributed by atoms with Gasteiger partial charge in [0.15, 0.2) is 6.29 Å². The van der Waals surface area contributed by atoms with E-state index < -0.39 is 0 Å². The van der Waals surface area contributed by atoms with Crippen molar-refractivity contribution in [1.29, 1.82) is 0 Å². The van der Waals surface area contributed by atoms with Gasteiger partial charge in [-0.1, -0.05) is 0 Å². The molecular formula is C17H31NO2. The van der Waals surface area contributed by atoms with Gasteiger partial charge < -0.3 is 14.8 Å². The number of hydrogen-bond acceptors (Lipinski definition) is 3. The smallest absolute Gasteiger partial charge is 0.171 e. The number of rotatable bonds is 6. The van der Waals surface area contributed by atoms with Crippen LogP contribution in [0.2, 0.25) is 0 Å². The fourth-order valence-corrected chi connectivity index (χ4v) is 5.86. The Hall–Kier alpha value is -0.120. The van der Waals surface area contributed by atoms with Crippen LogP contribution in [0.4, 0.5) is 0 Å². The number of nitrogens with one attached hydrogen (secondary N) is 1. The first-order valence-corrected chi connectivity index (χ1v) is 8.38. The molecule has 4 rings (SSSR count). The molecule has 0 aromatic rings. The van der Waals surface area contributed by atoms with Crippen LogP contribution >= 0.6 is 0 Å². The van der Waals surface area contributed by atoms with Crippen molar-refractivity contribution >= 4 is 0 Å². The second-order valence-electron chi connectivity index (χ2n) is 7.80. The molecule has 3 nitrogen and oxygen atoms in total. The fraction of sp³-hybridized carbons (Fsp3) is 1.00. The third-order valence-corrected chi connectivity index (χ3v) is 6.39. The molecule has 1 N–H and O–H groups in total. The van der Waals surface area contributed by atoms with E-state index in [4.69, 9.17) is 9.47 Å². The molecular weight excluding hydrogens is 250 g/mol. The molecule has 2 unspecified atom stereocenters. The summed E-state index contributed by atoms with van der Waals surface area (Å²) in [6.07, 6.45) is 8.74. The van der Waals surface area contributed by atoms with Gasteiger partial charge in [0.05, 0.1) is 6.04 Å². The molecule has 0 heterocycles. The summed E-state index contributed by atoms with van der Waals surface area (Å²) in [6, 6.07) is 0.812. The maximum atomic E-state index is 5.40. The van der Waals surface area contributed by atoms with E-state index in [9.17, 15) is 0 Å². The van der Waals surface area contributed by atoms with Gasteiger partial charge in [0.25, 0.3) is 0 Å². The van der Waals surface area contributed by atoms with E-state index in [-0.39, 0.29) is 12.3 Å². The molecule has 4 bridgehead atoms. The average molecular weight is 281 g/mol. The Kier molecular flexibility index (Phi) is 4.13. The van der Waals surface area contributed by atoms with Crippen LogP contribution in [0.15, 0.2) is 0 Å².